The molecule has 0 bridgehead atoms. The lowest BCUT2D eigenvalue weighted by molar-refractivity contribution is -0.118. The number of sulfonamides is 1. The number of thiazole rings is 1. The van der Waals surface area contributed by atoms with E-state index in [1.54, 1.807) is 4.90 Å². The van der Waals surface area contributed by atoms with Gasteiger partial charge in [-0.3, -0.25) is 9.69 Å². The van der Waals surface area contributed by atoms with E-state index < -0.39 is 10.0 Å². The van der Waals surface area contributed by atoms with E-state index in [-0.39, 0.29) is 17.3 Å². The van der Waals surface area contributed by atoms with E-state index in [1.165, 1.54) is 42.6 Å². The molecule has 1 aromatic heterocycles. The predicted molar refractivity (Wildman–Crippen MR) is 118 cm³/mol. The van der Waals surface area contributed by atoms with Gasteiger partial charge in [-0.25, -0.2) is 13.4 Å². The molecule has 2 aromatic carbocycles. The predicted octanol–water partition coefficient (Wildman–Crippen LogP) is 4.40. The van der Waals surface area contributed by atoms with Crippen LogP contribution < -0.4 is 4.90 Å². The molecule has 3 rings (SSSR count). The Balaban J connectivity index is 1.83. The molecule has 0 atom stereocenters. The van der Waals surface area contributed by atoms with Crippen molar-refractivity contribution in [3.05, 3.63) is 53.6 Å². The lowest BCUT2D eigenvalue weighted by atomic mass is 10.3. The van der Waals surface area contributed by atoms with E-state index in [9.17, 15) is 13.2 Å². The molecular weight excluding hydrogens is 430 g/mol. The van der Waals surface area contributed by atoms with Gasteiger partial charge in [0.1, 0.15) is 0 Å². The van der Waals surface area contributed by atoms with E-state index in [1.807, 2.05) is 31.2 Å². The van der Waals surface area contributed by atoms with Crippen LogP contribution in [0.2, 0.25) is 5.02 Å². The summed E-state index contributed by atoms with van der Waals surface area (Å²) in [4.78, 5) is 19.3. The van der Waals surface area contributed by atoms with E-state index in [4.69, 9.17) is 11.6 Å². The highest BCUT2D eigenvalue weighted by Crippen LogP contribution is 2.29. The van der Waals surface area contributed by atoms with Crippen LogP contribution in [0.1, 0.15) is 19.8 Å². The molecule has 0 aliphatic rings. The van der Waals surface area contributed by atoms with Gasteiger partial charge in [-0.2, -0.15) is 4.31 Å². The van der Waals surface area contributed by atoms with Crippen LogP contribution in [0.3, 0.4) is 0 Å². The Hall–Kier alpha value is -2.00. The number of benzene rings is 2. The Labute approximate surface area is 179 Å². The number of likely N-dealkylation sites (N-methyl/N-ethyl adjacent to an activating group) is 1. The highest BCUT2D eigenvalue weighted by Gasteiger charge is 2.27. The Morgan fingerprint density at radius 2 is 1.83 bits per heavy atom. The van der Waals surface area contributed by atoms with Gasteiger partial charge in [-0.05, 0) is 42.8 Å². The molecule has 1 amide bonds. The van der Waals surface area contributed by atoms with Gasteiger partial charge in [0, 0.05) is 18.6 Å². The van der Waals surface area contributed by atoms with Gasteiger partial charge >= 0.3 is 0 Å². The topological polar surface area (TPSA) is 70.6 Å². The van der Waals surface area contributed by atoms with Crippen molar-refractivity contribution in [2.75, 3.05) is 25.0 Å². The van der Waals surface area contributed by atoms with Crippen LogP contribution in [0.4, 0.5) is 5.13 Å². The van der Waals surface area contributed by atoms with Crippen molar-refractivity contribution < 1.29 is 13.2 Å². The van der Waals surface area contributed by atoms with Gasteiger partial charge in [-0.1, -0.05) is 48.4 Å². The molecule has 154 valence electrons. The summed E-state index contributed by atoms with van der Waals surface area (Å²) in [5, 5.41) is 1.03. The van der Waals surface area contributed by atoms with Crippen molar-refractivity contribution >= 4 is 54.2 Å². The number of nitrogens with zero attached hydrogens (tertiary/aromatic N) is 3. The number of rotatable bonds is 8. The molecule has 9 heteroatoms. The van der Waals surface area contributed by atoms with Crippen LogP contribution >= 0.6 is 22.9 Å². The lowest BCUT2D eigenvalue weighted by Gasteiger charge is -2.23. The first-order chi connectivity index (χ1) is 13.8. The molecule has 0 saturated carbocycles. The number of carbonyl (C=O) groups is 1. The Bertz CT molecular complexity index is 1060. The number of anilines is 1. The van der Waals surface area contributed by atoms with Crippen LogP contribution in [-0.2, 0) is 14.8 Å². The second-order valence-corrected chi connectivity index (χ2v) is 10.1. The zero-order chi connectivity index (χ0) is 21.0. The van der Waals surface area contributed by atoms with Crippen LogP contribution in [0.15, 0.2) is 53.4 Å². The number of hydrogen-bond acceptors (Lipinski definition) is 5. The van der Waals surface area contributed by atoms with Crippen LogP contribution in [0.5, 0.6) is 0 Å². The van der Waals surface area contributed by atoms with Crippen molar-refractivity contribution in [2.45, 2.75) is 24.7 Å². The van der Waals surface area contributed by atoms with Gasteiger partial charge in [0.2, 0.25) is 15.9 Å². The molecular formula is C20H22ClN3O3S2. The first-order valence-corrected chi connectivity index (χ1v) is 11.8. The third kappa shape index (κ3) is 4.95. The van der Waals surface area contributed by atoms with Gasteiger partial charge in [0.15, 0.2) is 5.13 Å². The van der Waals surface area contributed by atoms with Crippen molar-refractivity contribution in [1.82, 2.24) is 9.29 Å². The van der Waals surface area contributed by atoms with Crippen molar-refractivity contribution in [3.63, 3.8) is 0 Å². The maximum absolute atomic E-state index is 13.0. The Morgan fingerprint density at radius 1 is 1.14 bits per heavy atom. The largest absolute Gasteiger partial charge is 0.287 e. The minimum atomic E-state index is -3.80. The number of unbranched alkanes of at least 4 members (excludes halogenated alkanes) is 1. The number of halogens is 1. The molecule has 3 aromatic rings. The van der Waals surface area contributed by atoms with Gasteiger partial charge in [0.05, 0.1) is 21.7 Å². The number of para-hydroxylation sites is 1. The fourth-order valence-corrected chi connectivity index (χ4v) is 5.02. The molecule has 29 heavy (non-hydrogen) atoms. The normalized spacial score (nSPS) is 11.9. The summed E-state index contributed by atoms with van der Waals surface area (Å²) in [7, 11) is -2.40. The number of fused-ring (bicyclic) bond motifs is 1. The molecule has 0 N–H and O–H groups in total. The number of carbonyl (C=O) groups excluding carboxylic acids is 1. The van der Waals surface area contributed by atoms with Gasteiger partial charge in [-0.15, -0.1) is 0 Å². The van der Waals surface area contributed by atoms with Gasteiger partial charge < -0.3 is 0 Å². The van der Waals surface area contributed by atoms with E-state index >= 15 is 0 Å². The Morgan fingerprint density at radius 3 is 2.48 bits per heavy atom. The minimum absolute atomic E-state index is 0.0947. The van der Waals surface area contributed by atoms with Crippen molar-refractivity contribution in [1.29, 1.82) is 0 Å². The highest BCUT2D eigenvalue weighted by atomic mass is 35.5. The fraction of sp³-hybridized carbons (Fsp3) is 0.300. The Kier molecular flexibility index (Phi) is 6.89. The van der Waals surface area contributed by atoms with Crippen LogP contribution in [0, 0.1) is 0 Å². The van der Waals surface area contributed by atoms with Crippen LogP contribution in [0.25, 0.3) is 10.2 Å². The number of aromatic nitrogens is 1. The summed E-state index contributed by atoms with van der Waals surface area (Å²) in [6.45, 7) is 2.26. The molecule has 0 unspecified atom stereocenters. The van der Waals surface area contributed by atoms with E-state index in [0.29, 0.717) is 16.7 Å². The van der Waals surface area contributed by atoms with E-state index in [2.05, 4.69) is 4.98 Å². The fourth-order valence-electron chi connectivity index (χ4n) is 2.77. The monoisotopic (exact) mass is 451 g/mol. The minimum Gasteiger partial charge on any atom is -0.287 e. The third-order valence-corrected chi connectivity index (χ3v) is 7.56. The first kappa shape index (κ1) is 21.7. The molecule has 0 saturated heterocycles. The molecule has 1 heterocycles. The first-order valence-electron chi connectivity index (χ1n) is 9.20. The molecule has 0 aliphatic carbocycles. The summed E-state index contributed by atoms with van der Waals surface area (Å²) < 4.78 is 27.6. The molecule has 0 spiro atoms. The standard InChI is InChI=1S/C20H22ClN3O3S2/c1-3-4-13-24(20-22-17-7-5-6-8-18(17)28-20)19(25)14-23(2)29(26,27)16-11-9-15(21)10-12-16/h5-12H,3-4,13-14H2,1-2H3. The molecule has 0 fully saturated rings. The zero-order valence-electron chi connectivity index (χ0n) is 16.2. The average Bonchev–Trinajstić information content (AvgIpc) is 3.12. The van der Waals surface area contributed by atoms with E-state index in [0.717, 1.165) is 27.4 Å². The smallest absolute Gasteiger partial charge is 0.244 e. The summed E-state index contributed by atoms with van der Waals surface area (Å²) >= 11 is 7.27. The van der Waals surface area contributed by atoms with Crippen molar-refractivity contribution in [3.8, 4) is 0 Å². The molecule has 0 radical (unpaired) electrons. The highest BCUT2D eigenvalue weighted by molar-refractivity contribution is 7.89. The van der Waals surface area contributed by atoms with Gasteiger partial charge in [0.25, 0.3) is 0 Å². The quantitative estimate of drug-likeness (QED) is 0.508. The molecule has 6 nitrogen and oxygen atoms in total. The number of hydrogen-bond donors (Lipinski definition) is 0. The summed E-state index contributed by atoms with van der Waals surface area (Å²) in [5.41, 5.74) is 0.823. The summed E-state index contributed by atoms with van der Waals surface area (Å²) in [6.07, 6.45) is 1.71. The van der Waals surface area contributed by atoms with Crippen LogP contribution in [-0.4, -0.2) is 43.8 Å². The second kappa shape index (κ2) is 9.21. The average molecular weight is 452 g/mol. The van der Waals surface area contributed by atoms with Crippen molar-refractivity contribution in [2.24, 2.45) is 0 Å². The SMILES string of the molecule is CCCCN(C(=O)CN(C)S(=O)(=O)c1ccc(Cl)cc1)c1nc2ccccc2s1. The second-order valence-electron chi connectivity index (χ2n) is 6.58. The number of amides is 1. The third-order valence-electron chi connectivity index (χ3n) is 4.43. The molecule has 0 aliphatic heterocycles. The summed E-state index contributed by atoms with van der Waals surface area (Å²) in [6, 6.07) is 13.6. The maximum Gasteiger partial charge on any atom is 0.244 e. The maximum atomic E-state index is 13.0. The lowest BCUT2D eigenvalue weighted by Crippen LogP contribution is -2.41. The summed E-state index contributed by atoms with van der Waals surface area (Å²) in [5.74, 6) is -0.308. The zero-order valence-corrected chi connectivity index (χ0v) is 18.6.